The molecule has 0 radical (unpaired) electrons. The minimum absolute atomic E-state index is 0.105. The van der Waals surface area contributed by atoms with Gasteiger partial charge in [-0.1, -0.05) is 19.8 Å². The lowest BCUT2D eigenvalue weighted by atomic mass is 9.79. The maximum Gasteiger partial charge on any atom is 0.432 e. The summed E-state index contributed by atoms with van der Waals surface area (Å²) in [5.74, 6) is -13.4. The van der Waals surface area contributed by atoms with Gasteiger partial charge in [-0.3, -0.25) is 0 Å². The molecule has 0 bridgehead atoms. The fourth-order valence-electron chi connectivity index (χ4n) is 4.42. The Morgan fingerprint density at radius 1 is 0.868 bits per heavy atom. The molecule has 0 atom stereocenters. The molecule has 0 saturated heterocycles. The van der Waals surface area contributed by atoms with E-state index in [9.17, 15) is 43.9 Å². The van der Waals surface area contributed by atoms with E-state index in [1.165, 1.54) is 0 Å². The third kappa shape index (κ3) is 6.82. The molecule has 0 unspecified atom stereocenters. The lowest BCUT2D eigenvalue weighted by molar-refractivity contribution is -0.189. The molecular formula is C26H22F10O2. The van der Waals surface area contributed by atoms with E-state index < -0.39 is 75.7 Å². The first-order valence-electron chi connectivity index (χ1n) is 11.6. The Bertz CT molecular complexity index is 1170. The Kier molecular flexibility index (Phi) is 9.37. The highest BCUT2D eigenvalue weighted by Gasteiger charge is 2.42. The van der Waals surface area contributed by atoms with Gasteiger partial charge in [0.1, 0.15) is 28.8 Å². The number of alkyl halides is 2. The van der Waals surface area contributed by atoms with Crippen LogP contribution in [0.25, 0.3) is 5.83 Å². The lowest BCUT2D eigenvalue weighted by Gasteiger charge is -2.27. The molecule has 1 aliphatic rings. The predicted octanol–water partition coefficient (Wildman–Crippen LogP) is 9.70. The SMILES string of the molecule is CCCC1CCC(/C(F)=C(\F)c2cc(F)c(C(F)(F)Oc3cc(F)c(OC=C(F)F)c(F)c3)c(F)c2)CC1. The van der Waals surface area contributed by atoms with Crippen LogP contribution in [0.15, 0.2) is 42.4 Å². The van der Waals surface area contributed by atoms with Gasteiger partial charge < -0.3 is 9.47 Å². The van der Waals surface area contributed by atoms with Crippen LogP contribution in [-0.4, -0.2) is 0 Å². The van der Waals surface area contributed by atoms with E-state index in [-0.39, 0.29) is 30.5 Å². The first-order valence-corrected chi connectivity index (χ1v) is 11.6. The molecule has 12 heteroatoms. The van der Waals surface area contributed by atoms with Gasteiger partial charge in [-0.15, -0.1) is 0 Å². The van der Waals surface area contributed by atoms with Crippen molar-refractivity contribution in [3.8, 4) is 11.5 Å². The van der Waals surface area contributed by atoms with Gasteiger partial charge in [0.25, 0.3) is 0 Å². The van der Waals surface area contributed by atoms with E-state index >= 15 is 0 Å². The van der Waals surface area contributed by atoms with Gasteiger partial charge in [0.15, 0.2) is 29.5 Å². The maximum absolute atomic E-state index is 14.7. The van der Waals surface area contributed by atoms with Crippen molar-refractivity contribution in [3.05, 3.63) is 76.8 Å². The fourth-order valence-corrected chi connectivity index (χ4v) is 4.42. The summed E-state index contributed by atoms with van der Waals surface area (Å²) in [6.07, 6.45) is -3.78. The van der Waals surface area contributed by atoms with E-state index in [1.54, 1.807) is 0 Å². The van der Waals surface area contributed by atoms with Crippen molar-refractivity contribution in [2.24, 2.45) is 11.8 Å². The maximum atomic E-state index is 14.7. The highest BCUT2D eigenvalue weighted by Crippen LogP contribution is 2.41. The molecule has 208 valence electrons. The number of halogens is 10. The number of benzene rings is 2. The highest BCUT2D eigenvalue weighted by molar-refractivity contribution is 5.62. The molecule has 0 heterocycles. The van der Waals surface area contributed by atoms with Crippen LogP contribution in [0.4, 0.5) is 43.9 Å². The van der Waals surface area contributed by atoms with Crippen molar-refractivity contribution in [1.29, 1.82) is 0 Å². The van der Waals surface area contributed by atoms with Gasteiger partial charge >= 0.3 is 12.2 Å². The summed E-state index contributed by atoms with van der Waals surface area (Å²) in [4.78, 5) is 0. The van der Waals surface area contributed by atoms with E-state index in [2.05, 4.69) is 9.47 Å². The lowest BCUT2D eigenvalue weighted by Crippen LogP contribution is -2.25. The van der Waals surface area contributed by atoms with Crippen molar-refractivity contribution in [3.63, 3.8) is 0 Å². The first kappa shape index (κ1) is 29.4. The summed E-state index contributed by atoms with van der Waals surface area (Å²) < 4.78 is 148. The smallest absolute Gasteiger partial charge is 0.432 e. The van der Waals surface area contributed by atoms with Crippen molar-refractivity contribution in [2.75, 3.05) is 0 Å². The molecule has 2 aromatic carbocycles. The number of allylic oxidation sites excluding steroid dienone is 1. The monoisotopic (exact) mass is 556 g/mol. The Balaban J connectivity index is 1.84. The first-order chi connectivity index (χ1) is 17.8. The third-order valence-corrected chi connectivity index (χ3v) is 6.18. The van der Waals surface area contributed by atoms with Gasteiger partial charge in [0, 0.05) is 23.6 Å². The van der Waals surface area contributed by atoms with Crippen LogP contribution in [0, 0.1) is 35.1 Å². The Morgan fingerprint density at radius 3 is 1.92 bits per heavy atom. The van der Waals surface area contributed by atoms with Crippen LogP contribution in [0.1, 0.15) is 56.6 Å². The normalized spacial score (nSPS) is 18.6. The number of hydrogen-bond donors (Lipinski definition) is 0. The Morgan fingerprint density at radius 2 is 1.42 bits per heavy atom. The number of rotatable bonds is 9. The van der Waals surface area contributed by atoms with Crippen LogP contribution < -0.4 is 9.47 Å². The molecule has 0 aliphatic heterocycles. The molecule has 0 spiro atoms. The molecule has 1 fully saturated rings. The molecule has 1 aliphatic carbocycles. The van der Waals surface area contributed by atoms with Crippen molar-refractivity contribution in [2.45, 2.75) is 51.6 Å². The van der Waals surface area contributed by atoms with Crippen LogP contribution in [0.5, 0.6) is 11.5 Å². The Hall–Kier alpha value is -3.18. The minimum atomic E-state index is -4.88. The molecule has 3 rings (SSSR count). The summed E-state index contributed by atoms with van der Waals surface area (Å²) in [6.45, 7) is 2.01. The summed E-state index contributed by atoms with van der Waals surface area (Å²) in [6, 6.07) is 0.521. The molecule has 38 heavy (non-hydrogen) atoms. The second-order valence-electron chi connectivity index (χ2n) is 8.84. The van der Waals surface area contributed by atoms with E-state index in [0.29, 0.717) is 31.6 Å². The minimum Gasteiger partial charge on any atom is -0.453 e. The summed E-state index contributed by atoms with van der Waals surface area (Å²) >= 11 is 0. The number of ether oxygens (including phenoxy) is 2. The third-order valence-electron chi connectivity index (χ3n) is 6.18. The molecule has 0 aromatic heterocycles. The van der Waals surface area contributed by atoms with Crippen molar-refractivity contribution < 1.29 is 53.4 Å². The van der Waals surface area contributed by atoms with Crippen LogP contribution in [-0.2, 0) is 6.11 Å². The second-order valence-corrected chi connectivity index (χ2v) is 8.84. The second kappa shape index (κ2) is 12.1. The fraction of sp³-hybridized carbons (Fsp3) is 0.385. The van der Waals surface area contributed by atoms with E-state index in [4.69, 9.17) is 0 Å². The van der Waals surface area contributed by atoms with E-state index in [0.717, 1.165) is 12.8 Å². The topological polar surface area (TPSA) is 18.5 Å². The highest BCUT2D eigenvalue weighted by atomic mass is 19.3. The summed E-state index contributed by atoms with van der Waals surface area (Å²) in [5.41, 5.74) is -2.97. The van der Waals surface area contributed by atoms with Crippen molar-refractivity contribution >= 4 is 5.83 Å². The van der Waals surface area contributed by atoms with Gasteiger partial charge in [-0.05, 0) is 43.7 Å². The molecular weight excluding hydrogens is 534 g/mol. The van der Waals surface area contributed by atoms with E-state index in [1.807, 2.05) is 6.92 Å². The number of hydrogen-bond acceptors (Lipinski definition) is 2. The quantitative estimate of drug-likeness (QED) is 0.226. The van der Waals surface area contributed by atoms with Gasteiger partial charge in [0.05, 0.1) is 0 Å². The molecule has 2 nitrogen and oxygen atoms in total. The zero-order valence-electron chi connectivity index (χ0n) is 19.9. The summed E-state index contributed by atoms with van der Waals surface area (Å²) in [7, 11) is 0. The predicted molar refractivity (Wildman–Crippen MR) is 118 cm³/mol. The standard InChI is InChI=1S/C26H22F10O2/c1-2-3-13-4-6-14(7-5-13)23(33)24(34)15-8-17(27)22(18(28)9-15)26(35,36)38-16-10-19(29)25(20(30)11-16)37-12-21(31)32/h8-14H,2-7H2,1H3/b24-23+. The van der Waals surface area contributed by atoms with Crippen molar-refractivity contribution in [1.82, 2.24) is 0 Å². The van der Waals surface area contributed by atoms with Gasteiger partial charge in [-0.25, -0.2) is 26.3 Å². The van der Waals surface area contributed by atoms with Gasteiger partial charge in [-0.2, -0.15) is 17.6 Å². The Labute approximate surface area is 211 Å². The van der Waals surface area contributed by atoms with Gasteiger partial charge in [0.2, 0.25) is 0 Å². The molecule has 0 amide bonds. The van der Waals surface area contributed by atoms with Crippen LogP contribution in [0.3, 0.4) is 0 Å². The zero-order valence-corrected chi connectivity index (χ0v) is 19.9. The zero-order chi connectivity index (χ0) is 28.2. The average molecular weight is 556 g/mol. The largest absolute Gasteiger partial charge is 0.453 e. The molecule has 0 N–H and O–H groups in total. The van der Waals surface area contributed by atoms with Crippen LogP contribution >= 0.6 is 0 Å². The molecule has 2 aromatic rings. The van der Waals surface area contributed by atoms with Crippen LogP contribution in [0.2, 0.25) is 0 Å². The molecule has 1 saturated carbocycles. The average Bonchev–Trinajstić information content (AvgIpc) is 2.82. The summed E-state index contributed by atoms with van der Waals surface area (Å²) in [5, 5.41) is 0.